The standard InChI is InChI=1S/C15H23N5S/c1-15(2)5-3-7-20(8-6-15)10-12-17-13(19-16)11-4-9-21-14(11)18-12/h4,9H,3,5-8,10,16H2,1-2H3,(H,17,18,19). The lowest BCUT2D eigenvalue weighted by Gasteiger charge is -2.23. The van der Waals surface area contributed by atoms with Crippen molar-refractivity contribution in [2.24, 2.45) is 11.3 Å². The Kier molecular flexibility index (Phi) is 4.10. The van der Waals surface area contributed by atoms with Gasteiger partial charge in [0, 0.05) is 0 Å². The molecular weight excluding hydrogens is 282 g/mol. The van der Waals surface area contributed by atoms with Gasteiger partial charge in [-0.25, -0.2) is 15.8 Å². The zero-order chi connectivity index (χ0) is 14.9. The largest absolute Gasteiger partial charge is 0.308 e. The zero-order valence-electron chi connectivity index (χ0n) is 12.7. The van der Waals surface area contributed by atoms with Gasteiger partial charge in [0.05, 0.1) is 11.9 Å². The third-order valence-corrected chi connectivity index (χ3v) is 5.11. The Labute approximate surface area is 129 Å². The highest BCUT2D eigenvalue weighted by atomic mass is 32.1. The Morgan fingerprint density at radius 2 is 2.19 bits per heavy atom. The average Bonchev–Trinajstić information content (AvgIpc) is 2.85. The fraction of sp³-hybridized carbons (Fsp3) is 0.600. The minimum atomic E-state index is 0.456. The lowest BCUT2D eigenvalue weighted by Crippen LogP contribution is -2.26. The van der Waals surface area contributed by atoms with Crippen LogP contribution in [0.25, 0.3) is 10.2 Å². The van der Waals surface area contributed by atoms with Gasteiger partial charge in [0.15, 0.2) is 5.82 Å². The van der Waals surface area contributed by atoms with E-state index >= 15 is 0 Å². The predicted molar refractivity (Wildman–Crippen MR) is 88.1 cm³/mol. The fourth-order valence-electron chi connectivity index (χ4n) is 2.92. The number of thiophene rings is 1. The topological polar surface area (TPSA) is 67.1 Å². The summed E-state index contributed by atoms with van der Waals surface area (Å²) >= 11 is 1.63. The van der Waals surface area contributed by atoms with Gasteiger partial charge in [-0.3, -0.25) is 4.90 Å². The van der Waals surface area contributed by atoms with Gasteiger partial charge in [-0.2, -0.15) is 0 Å². The molecular formula is C15H23N5S. The van der Waals surface area contributed by atoms with Crippen molar-refractivity contribution in [3.8, 4) is 0 Å². The van der Waals surface area contributed by atoms with Crippen molar-refractivity contribution >= 4 is 27.4 Å². The molecule has 5 nitrogen and oxygen atoms in total. The summed E-state index contributed by atoms with van der Waals surface area (Å²) in [5.74, 6) is 7.18. The van der Waals surface area contributed by atoms with Crippen LogP contribution in [0.1, 0.15) is 38.9 Å². The van der Waals surface area contributed by atoms with Gasteiger partial charge in [0.1, 0.15) is 10.7 Å². The maximum absolute atomic E-state index is 5.59. The summed E-state index contributed by atoms with van der Waals surface area (Å²) in [5, 5.41) is 3.03. The molecule has 0 saturated carbocycles. The number of nitrogens with zero attached hydrogens (tertiary/aromatic N) is 3. The number of aromatic nitrogens is 2. The summed E-state index contributed by atoms with van der Waals surface area (Å²) in [7, 11) is 0. The van der Waals surface area contributed by atoms with Gasteiger partial charge < -0.3 is 5.43 Å². The minimum Gasteiger partial charge on any atom is -0.308 e. The van der Waals surface area contributed by atoms with E-state index < -0.39 is 0 Å². The van der Waals surface area contributed by atoms with E-state index in [2.05, 4.69) is 34.1 Å². The van der Waals surface area contributed by atoms with Crippen LogP contribution in [0.3, 0.4) is 0 Å². The second-order valence-electron chi connectivity index (χ2n) is 6.57. The monoisotopic (exact) mass is 305 g/mol. The van der Waals surface area contributed by atoms with Gasteiger partial charge in [-0.15, -0.1) is 11.3 Å². The summed E-state index contributed by atoms with van der Waals surface area (Å²) in [6.45, 7) is 7.77. The number of nitrogens with two attached hydrogens (primary N) is 1. The highest BCUT2D eigenvalue weighted by molar-refractivity contribution is 7.16. The number of hydrazine groups is 1. The number of nitrogen functional groups attached to an aromatic ring is 1. The SMILES string of the molecule is CC1(C)CCCN(Cc2nc(NN)c3ccsc3n2)CC1. The molecule has 0 unspecified atom stereocenters. The first-order valence-corrected chi connectivity index (χ1v) is 8.38. The van der Waals surface area contributed by atoms with E-state index in [1.807, 2.05) is 11.4 Å². The first kappa shape index (κ1) is 14.7. The first-order chi connectivity index (χ1) is 10.1. The van der Waals surface area contributed by atoms with E-state index in [4.69, 9.17) is 5.84 Å². The highest BCUT2D eigenvalue weighted by Crippen LogP contribution is 2.30. The molecule has 0 atom stereocenters. The first-order valence-electron chi connectivity index (χ1n) is 7.50. The molecule has 1 saturated heterocycles. The molecule has 3 heterocycles. The number of hydrogen-bond donors (Lipinski definition) is 2. The number of nitrogens with one attached hydrogen (secondary N) is 1. The smallest absolute Gasteiger partial charge is 0.152 e. The quantitative estimate of drug-likeness (QED) is 0.674. The van der Waals surface area contributed by atoms with E-state index in [1.165, 1.54) is 19.3 Å². The summed E-state index contributed by atoms with van der Waals surface area (Å²) in [5.41, 5.74) is 3.15. The maximum Gasteiger partial charge on any atom is 0.152 e. The van der Waals surface area contributed by atoms with Crippen LogP contribution in [0.2, 0.25) is 0 Å². The number of hydrogen-bond acceptors (Lipinski definition) is 6. The van der Waals surface area contributed by atoms with Crippen LogP contribution in [-0.2, 0) is 6.54 Å². The second-order valence-corrected chi connectivity index (χ2v) is 7.46. The molecule has 0 bridgehead atoms. The molecule has 6 heteroatoms. The van der Waals surface area contributed by atoms with Gasteiger partial charge in [0.25, 0.3) is 0 Å². The van der Waals surface area contributed by atoms with E-state index in [0.717, 1.165) is 41.5 Å². The highest BCUT2D eigenvalue weighted by Gasteiger charge is 2.23. The van der Waals surface area contributed by atoms with E-state index in [1.54, 1.807) is 11.3 Å². The molecule has 0 aliphatic carbocycles. The molecule has 21 heavy (non-hydrogen) atoms. The maximum atomic E-state index is 5.59. The molecule has 3 N–H and O–H groups in total. The average molecular weight is 305 g/mol. The van der Waals surface area contributed by atoms with Crippen molar-refractivity contribution in [3.63, 3.8) is 0 Å². The molecule has 3 rings (SSSR count). The Balaban J connectivity index is 1.78. The minimum absolute atomic E-state index is 0.456. The number of rotatable bonds is 3. The normalized spacial score (nSPS) is 19.6. The Bertz CT molecular complexity index is 622. The van der Waals surface area contributed by atoms with Crippen LogP contribution >= 0.6 is 11.3 Å². The summed E-state index contributed by atoms with van der Waals surface area (Å²) in [6.07, 6.45) is 3.77. The lowest BCUT2D eigenvalue weighted by atomic mass is 9.85. The van der Waals surface area contributed by atoms with E-state index in [0.29, 0.717) is 5.41 Å². The lowest BCUT2D eigenvalue weighted by molar-refractivity contribution is 0.251. The van der Waals surface area contributed by atoms with Gasteiger partial charge in [-0.05, 0) is 49.2 Å². The van der Waals surface area contributed by atoms with E-state index in [-0.39, 0.29) is 0 Å². The van der Waals surface area contributed by atoms with Crippen LogP contribution in [0.4, 0.5) is 5.82 Å². The predicted octanol–water partition coefficient (Wildman–Crippen LogP) is 2.99. The van der Waals surface area contributed by atoms with Crippen molar-refractivity contribution in [3.05, 3.63) is 17.3 Å². The summed E-state index contributed by atoms with van der Waals surface area (Å²) in [6, 6.07) is 2.01. The molecule has 0 amide bonds. The third-order valence-electron chi connectivity index (χ3n) is 4.31. The molecule has 0 aromatic carbocycles. The number of anilines is 1. The Hall–Kier alpha value is -1.24. The molecule has 0 spiro atoms. The van der Waals surface area contributed by atoms with Crippen LogP contribution in [-0.4, -0.2) is 28.0 Å². The van der Waals surface area contributed by atoms with Crippen LogP contribution in [0, 0.1) is 5.41 Å². The molecule has 2 aromatic heterocycles. The Morgan fingerprint density at radius 1 is 1.33 bits per heavy atom. The zero-order valence-corrected chi connectivity index (χ0v) is 13.5. The summed E-state index contributed by atoms with van der Waals surface area (Å²) < 4.78 is 0. The number of fused-ring (bicyclic) bond motifs is 1. The third kappa shape index (κ3) is 3.33. The summed E-state index contributed by atoms with van der Waals surface area (Å²) in [4.78, 5) is 12.7. The molecule has 114 valence electrons. The van der Waals surface area contributed by atoms with Gasteiger partial charge >= 0.3 is 0 Å². The van der Waals surface area contributed by atoms with Crippen molar-refractivity contribution in [2.45, 2.75) is 39.7 Å². The van der Waals surface area contributed by atoms with Gasteiger partial charge in [0.2, 0.25) is 0 Å². The van der Waals surface area contributed by atoms with Crippen LogP contribution in [0.15, 0.2) is 11.4 Å². The van der Waals surface area contributed by atoms with Crippen molar-refractivity contribution < 1.29 is 0 Å². The molecule has 1 aliphatic rings. The van der Waals surface area contributed by atoms with Crippen molar-refractivity contribution in [1.82, 2.24) is 14.9 Å². The molecule has 0 radical (unpaired) electrons. The molecule has 1 aliphatic heterocycles. The van der Waals surface area contributed by atoms with Crippen molar-refractivity contribution in [1.29, 1.82) is 0 Å². The van der Waals surface area contributed by atoms with Crippen molar-refractivity contribution in [2.75, 3.05) is 18.5 Å². The second kappa shape index (κ2) is 5.87. The van der Waals surface area contributed by atoms with Crippen LogP contribution in [0.5, 0.6) is 0 Å². The van der Waals surface area contributed by atoms with E-state index in [9.17, 15) is 0 Å². The molecule has 2 aromatic rings. The number of likely N-dealkylation sites (tertiary alicyclic amines) is 1. The van der Waals surface area contributed by atoms with Gasteiger partial charge in [-0.1, -0.05) is 13.8 Å². The Morgan fingerprint density at radius 3 is 3.00 bits per heavy atom. The molecule has 1 fully saturated rings. The van der Waals surface area contributed by atoms with Crippen LogP contribution < -0.4 is 11.3 Å². The fourth-order valence-corrected chi connectivity index (χ4v) is 3.70.